The number of rotatable bonds is 2. The molecule has 1 heterocycles. The van der Waals surface area contributed by atoms with E-state index in [4.69, 9.17) is 14.8 Å². The monoisotopic (exact) mass is 183 g/mol. The number of methoxy groups -OCH3 is 1. The summed E-state index contributed by atoms with van der Waals surface area (Å²) in [5.74, 6) is 0.0908. The predicted octanol–water partition coefficient (Wildman–Crippen LogP) is -1.93. The largest absolute Gasteiger partial charge is 0.491 e. The summed E-state index contributed by atoms with van der Waals surface area (Å²) in [5.41, 5.74) is -0.0918. The van der Waals surface area contributed by atoms with Gasteiger partial charge in [0, 0.05) is 18.7 Å². The minimum atomic E-state index is -1.60. The maximum atomic E-state index is 11.2. The molecule has 1 aromatic rings. The smallest absolute Gasteiger partial charge is 0.490 e. The average Bonchev–Trinajstić information content (AvgIpc) is 2.09. The van der Waals surface area contributed by atoms with E-state index in [0.29, 0.717) is 0 Å². The van der Waals surface area contributed by atoms with Gasteiger partial charge in [-0.15, -0.1) is 0 Å². The Bertz CT molecular complexity index is 360. The second-order valence-electron chi connectivity index (χ2n) is 2.63. The van der Waals surface area contributed by atoms with Gasteiger partial charge in [-0.2, -0.15) is 0 Å². The first-order valence-corrected chi connectivity index (χ1v) is 3.67. The first-order chi connectivity index (χ1) is 6.06. The van der Waals surface area contributed by atoms with Crippen molar-refractivity contribution < 1.29 is 14.8 Å². The lowest BCUT2D eigenvalue weighted by molar-refractivity contribution is 0.402. The van der Waals surface area contributed by atoms with Gasteiger partial charge >= 0.3 is 7.12 Å². The predicted molar refractivity (Wildman–Crippen MR) is 48.1 cm³/mol. The molecule has 0 saturated carbocycles. The summed E-state index contributed by atoms with van der Waals surface area (Å²) < 4.78 is 5.99. The molecule has 5 nitrogen and oxygen atoms in total. The third-order valence-electron chi connectivity index (χ3n) is 1.69. The van der Waals surface area contributed by atoms with E-state index in [2.05, 4.69) is 0 Å². The number of hydrogen-bond acceptors (Lipinski definition) is 4. The Morgan fingerprint density at radius 2 is 2.15 bits per heavy atom. The number of ether oxygens (including phenoxy) is 1. The van der Waals surface area contributed by atoms with E-state index in [1.54, 1.807) is 0 Å². The molecule has 0 fully saturated rings. The minimum absolute atomic E-state index is 0.0908. The summed E-state index contributed by atoms with van der Waals surface area (Å²) in [6, 6.07) is 1.30. The Balaban J connectivity index is 3.30. The third-order valence-corrected chi connectivity index (χ3v) is 1.69. The van der Waals surface area contributed by atoms with Crippen LogP contribution in [0, 0.1) is 0 Å². The lowest BCUT2D eigenvalue weighted by Gasteiger charge is -2.06. The topological polar surface area (TPSA) is 71.7 Å². The van der Waals surface area contributed by atoms with Crippen LogP contribution in [-0.4, -0.2) is 28.8 Å². The molecular formula is C7H10BNO4. The molecule has 1 aromatic heterocycles. The van der Waals surface area contributed by atoms with Crippen LogP contribution in [0.1, 0.15) is 0 Å². The van der Waals surface area contributed by atoms with Crippen LogP contribution in [-0.2, 0) is 7.05 Å². The summed E-state index contributed by atoms with van der Waals surface area (Å²) in [7, 11) is 1.27. The summed E-state index contributed by atoms with van der Waals surface area (Å²) >= 11 is 0. The van der Waals surface area contributed by atoms with Gasteiger partial charge in [-0.3, -0.25) is 4.79 Å². The molecule has 2 N–H and O–H groups in total. The van der Waals surface area contributed by atoms with Crippen molar-refractivity contribution >= 4 is 12.6 Å². The van der Waals surface area contributed by atoms with Crippen LogP contribution in [0.25, 0.3) is 0 Å². The van der Waals surface area contributed by atoms with Crippen LogP contribution < -0.4 is 15.8 Å². The van der Waals surface area contributed by atoms with Crippen molar-refractivity contribution in [3.8, 4) is 5.75 Å². The second-order valence-corrected chi connectivity index (χ2v) is 2.63. The maximum Gasteiger partial charge on any atom is 0.490 e. The molecular weight excluding hydrogens is 173 g/mol. The van der Waals surface area contributed by atoms with Crippen molar-refractivity contribution in [2.24, 2.45) is 7.05 Å². The first-order valence-electron chi connectivity index (χ1n) is 3.67. The fourth-order valence-electron chi connectivity index (χ4n) is 0.994. The Kier molecular flexibility index (Phi) is 2.74. The van der Waals surface area contributed by atoms with E-state index in [1.165, 1.54) is 31.0 Å². The SMILES string of the molecule is COc1cc(B(O)O)cn(C)c1=O. The molecule has 6 heteroatoms. The molecule has 0 unspecified atom stereocenters. The zero-order valence-electron chi connectivity index (χ0n) is 7.39. The summed E-state index contributed by atoms with van der Waals surface area (Å²) in [5, 5.41) is 17.7. The fourth-order valence-corrected chi connectivity index (χ4v) is 0.994. The molecule has 0 spiro atoms. The highest BCUT2D eigenvalue weighted by Gasteiger charge is 2.14. The summed E-state index contributed by atoms with van der Waals surface area (Å²) in [4.78, 5) is 11.2. The van der Waals surface area contributed by atoms with Crippen LogP contribution >= 0.6 is 0 Å². The lowest BCUT2D eigenvalue weighted by atomic mass is 9.81. The first kappa shape index (κ1) is 9.82. The number of nitrogens with zero attached hydrogens (tertiary/aromatic N) is 1. The van der Waals surface area contributed by atoms with Crippen LogP contribution in [0.15, 0.2) is 17.1 Å². The van der Waals surface area contributed by atoms with Gasteiger partial charge in [0.15, 0.2) is 5.75 Å². The van der Waals surface area contributed by atoms with Gasteiger partial charge in [0.05, 0.1) is 7.11 Å². The van der Waals surface area contributed by atoms with E-state index < -0.39 is 7.12 Å². The normalized spacial score (nSPS) is 9.85. The molecule has 13 heavy (non-hydrogen) atoms. The highest BCUT2D eigenvalue weighted by molar-refractivity contribution is 6.58. The molecule has 0 radical (unpaired) electrons. The summed E-state index contributed by atoms with van der Waals surface area (Å²) in [6.07, 6.45) is 1.34. The van der Waals surface area contributed by atoms with Crippen LogP contribution in [0.4, 0.5) is 0 Å². The molecule has 0 aliphatic rings. The Hall–Kier alpha value is -1.27. The highest BCUT2D eigenvalue weighted by atomic mass is 16.5. The average molecular weight is 183 g/mol. The maximum absolute atomic E-state index is 11.2. The van der Waals surface area contributed by atoms with Crippen LogP contribution in [0.2, 0.25) is 0 Å². The lowest BCUT2D eigenvalue weighted by Crippen LogP contribution is -2.34. The molecule has 0 bridgehead atoms. The van der Waals surface area contributed by atoms with E-state index >= 15 is 0 Å². The zero-order chi connectivity index (χ0) is 10.0. The molecule has 0 amide bonds. The molecule has 0 atom stereocenters. The van der Waals surface area contributed by atoms with E-state index in [1.807, 2.05) is 0 Å². The fraction of sp³-hybridized carbons (Fsp3) is 0.286. The van der Waals surface area contributed by atoms with E-state index in [9.17, 15) is 4.79 Å². The molecule has 70 valence electrons. The zero-order valence-corrected chi connectivity index (χ0v) is 7.39. The minimum Gasteiger partial charge on any atom is -0.491 e. The molecule has 0 aliphatic heterocycles. The van der Waals surface area contributed by atoms with Gasteiger partial charge in [-0.05, 0) is 6.07 Å². The second kappa shape index (κ2) is 3.63. The van der Waals surface area contributed by atoms with E-state index in [-0.39, 0.29) is 16.8 Å². The molecule has 0 saturated heterocycles. The highest BCUT2D eigenvalue weighted by Crippen LogP contribution is 1.97. The van der Waals surface area contributed by atoms with Crippen molar-refractivity contribution in [1.82, 2.24) is 4.57 Å². The number of pyridine rings is 1. The Morgan fingerprint density at radius 1 is 1.54 bits per heavy atom. The molecule has 0 aromatic carbocycles. The quantitative estimate of drug-likeness (QED) is 0.524. The van der Waals surface area contributed by atoms with Crippen molar-refractivity contribution in [3.63, 3.8) is 0 Å². The van der Waals surface area contributed by atoms with Crippen molar-refractivity contribution in [3.05, 3.63) is 22.6 Å². The van der Waals surface area contributed by atoms with Crippen LogP contribution in [0.3, 0.4) is 0 Å². The standard InChI is InChI=1S/C7H10BNO4/c1-9-4-5(8(11)12)3-6(13-2)7(9)10/h3-4,11-12H,1-2H3. The van der Waals surface area contributed by atoms with Crippen molar-refractivity contribution in [2.45, 2.75) is 0 Å². The van der Waals surface area contributed by atoms with Gasteiger partial charge in [-0.1, -0.05) is 0 Å². The van der Waals surface area contributed by atoms with E-state index in [0.717, 1.165) is 0 Å². The number of aromatic nitrogens is 1. The summed E-state index contributed by atoms with van der Waals surface area (Å²) in [6.45, 7) is 0. The number of aryl methyl sites for hydroxylation is 1. The molecule has 0 aliphatic carbocycles. The van der Waals surface area contributed by atoms with Crippen molar-refractivity contribution in [1.29, 1.82) is 0 Å². The van der Waals surface area contributed by atoms with Crippen molar-refractivity contribution in [2.75, 3.05) is 7.11 Å². The third kappa shape index (κ3) is 1.91. The van der Waals surface area contributed by atoms with Gasteiger partial charge in [-0.25, -0.2) is 0 Å². The Labute approximate surface area is 75.3 Å². The number of hydrogen-bond donors (Lipinski definition) is 2. The van der Waals surface area contributed by atoms with Gasteiger partial charge < -0.3 is 19.4 Å². The van der Waals surface area contributed by atoms with Crippen LogP contribution in [0.5, 0.6) is 5.75 Å². The molecule has 1 rings (SSSR count). The van der Waals surface area contributed by atoms with Gasteiger partial charge in [0.1, 0.15) is 0 Å². The van der Waals surface area contributed by atoms with Gasteiger partial charge in [0.2, 0.25) is 0 Å². The Morgan fingerprint density at radius 3 is 2.62 bits per heavy atom. The van der Waals surface area contributed by atoms with Gasteiger partial charge in [0.25, 0.3) is 5.56 Å².